The van der Waals surface area contributed by atoms with E-state index in [0.717, 1.165) is 23.4 Å². The van der Waals surface area contributed by atoms with E-state index in [9.17, 15) is 21.6 Å². The van der Waals surface area contributed by atoms with Gasteiger partial charge in [-0.15, -0.1) is 0 Å². The van der Waals surface area contributed by atoms with Gasteiger partial charge in [0.15, 0.2) is 5.82 Å². The number of halogens is 4. The molecular weight excluding hydrogens is 513 g/mol. The summed E-state index contributed by atoms with van der Waals surface area (Å²) >= 11 is 5.90. The fourth-order valence-corrected chi connectivity index (χ4v) is 5.86. The van der Waals surface area contributed by atoms with Crippen molar-refractivity contribution in [1.82, 2.24) is 14.3 Å². The molecule has 1 aliphatic heterocycles. The Morgan fingerprint density at radius 1 is 0.917 bits per heavy atom. The van der Waals surface area contributed by atoms with Crippen LogP contribution in [0.2, 0.25) is 5.02 Å². The van der Waals surface area contributed by atoms with Crippen LogP contribution >= 0.6 is 11.6 Å². The second kappa shape index (κ2) is 9.99. The SMILES string of the molecule is Cc1nc(-c2ccc(C(F)(F)F)cc2)nc(N2CCN(S(=O)(=O)c3ccc(Cl)cc3)CC2)c1C(C)C. The van der Waals surface area contributed by atoms with Crippen LogP contribution < -0.4 is 4.90 Å². The fraction of sp³-hybridized carbons (Fsp3) is 0.360. The van der Waals surface area contributed by atoms with Crippen molar-refractivity contribution >= 4 is 27.4 Å². The Morgan fingerprint density at radius 2 is 1.50 bits per heavy atom. The average Bonchev–Trinajstić information content (AvgIpc) is 2.83. The molecule has 4 rings (SSSR count). The van der Waals surface area contributed by atoms with Gasteiger partial charge in [-0.25, -0.2) is 18.4 Å². The fourth-order valence-electron chi connectivity index (χ4n) is 4.32. The highest BCUT2D eigenvalue weighted by atomic mass is 35.5. The van der Waals surface area contributed by atoms with Gasteiger partial charge in [0, 0.05) is 48.0 Å². The molecule has 1 fully saturated rings. The minimum Gasteiger partial charge on any atom is -0.354 e. The first-order valence-corrected chi connectivity index (χ1v) is 13.3. The van der Waals surface area contributed by atoms with Gasteiger partial charge in [-0.05, 0) is 49.2 Å². The van der Waals surface area contributed by atoms with Crippen LogP contribution in [0.25, 0.3) is 11.4 Å². The molecule has 2 aromatic carbocycles. The number of piperazine rings is 1. The number of nitrogens with zero attached hydrogens (tertiary/aromatic N) is 4. The highest BCUT2D eigenvalue weighted by Crippen LogP contribution is 2.34. The topological polar surface area (TPSA) is 66.4 Å². The molecule has 6 nitrogen and oxygen atoms in total. The van der Waals surface area contributed by atoms with E-state index in [1.165, 1.54) is 28.6 Å². The van der Waals surface area contributed by atoms with Gasteiger partial charge in [0.2, 0.25) is 10.0 Å². The van der Waals surface area contributed by atoms with Crippen LogP contribution in [0.1, 0.15) is 36.6 Å². The molecule has 3 aromatic rings. The van der Waals surface area contributed by atoms with Gasteiger partial charge < -0.3 is 4.90 Å². The molecule has 1 aromatic heterocycles. The molecule has 0 saturated carbocycles. The zero-order chi connectivity index (χ0) is 26.3. The van der Waals surface area contributed by atoms with Gasteiger partial charge in [-0.2, -0.15) is 17.5 Å². The summed E-state index contributed by atoms with van der Waals surface area (Å²) in [6.45, 7) is 7.25. The number of hydrogen-bond donors (Lipinski definition) is 0. The third-order valence-corrected chi connectivity index (χ3v) is 8.32. The average molecular weight is 539 g/mol. The summed E-state index contributed by atoms with van der Waals surface area (Å²) < 4.78 is 66.5. The second-order valence-corrected chi connectivity index (χ2v) is 11.3. The largest absolute Gasteiger partial charge is 0.416 e. The maximum absolute atomic E-state index is 13.1. The van der Waals surface area contributed by atoms with Gasteiger partial charge in [0.05, 0.1) is 10.5 Å². The third kappa shape index (κ3) is 5.35. The Bertz CT molecular complexity index is 1340. The molecule has 0 aliphatic carbocycles. The van der Waals surface area contributed by atoms with E-state index < -0.39 is 21.8 Å². The van der Waals surface area contributed by atoms with Crippen molar-refractivity contribution < 1.29 is 21.6 Å². The van der Waals surface area contributed by atoms with Gasteiger partial charge in [-0.1, -0.05) is 37.6 Å². The molecule has 2 heterocycles. The maximum Gasteiger partial charge on any atom is 0.416 e. The van der Waals surface area contributed by atoms with E-state index in [4.69, 9.17) is 16.6 Å². The molecular formula is C25H26ClF3N4O2S. The van der Waals surface area contributed by atoms with Crippen molar-refractivity contribution in [2.45, 2.75) is 37.8 Å². The number of benzene rings is 2. The van der Waals surface area contributed by atoms with Gasteiger partial charge in [-0.3, -0.25) is 0 Å². The molecule has 11 heteroatoms. The number of aryl methyl sites for hydroxylation is 1. The summed E-state index contributed by atoms with van der Waals surface area (Å²) in [5.41, 5.74) is 1.41. The van der Waals surface area contributed by atoms with E-state index in [-0.39, 0.29) is 23.9 Å². The lowest BCUT2D eigenvalue weighted by atomic mass is 10.0. The van der Waals surface area contributed by atoms with Gasteiger partial charge in [0.25, 0.3) is 0 Å². The number of aromatic nitrogens is 2. The standard InChI is InChI=1S/C25H26ClF3N4O2S/c1-16(2)22-17(3)30-23(18-4-6-19(7-5-18)25(27,28)29)31-24(22)32-12-14-33(15-13-32)36(34,35)21-10-8-20(26)9-11-21/h4-11,16H,12-15H2,1-3H3. The second-order valence-electron chi connectivity index (χ2n) is 8.94. The van der Waals surface area contributed by atoms with Crippen LogP contribution in [0.4, 0.5) is 19.0 Å². The Balaban J connectivity index is 1.62. The smallest absolute Gasteiger partial charge is 0.354 e. The number of rotatable bonds is 5. The summed E-state index contributed by atoms with van der Waals surface area (Å²) in [5.74, 6) is 1.10. The van der Waals surface area contributed by atoms with E-state index >= 15 is 0 Å². The van der Waals surface area contributed by atoms with Crippen LogP contribution in [0.5, 0.6) is 0 Å². The van der Waals surface area contributed by atoms with Crippen molar-refractivity contribution in [1.29, 1.82) is 0 Å². The molecule has 0 unspecified atom stereocenters. The van der Waals surface area contributed by atoms with Crippen molar-refractivity contribution in [3.8, 4) is 11.4 Å². The lowest BCUT2D eigenvalue weighted by molar-refractivity contribution is -0.137. The van der Waals surface area contributed by atoms with Crippen LogP contribution in [-0.4, -0.2) is 48.9 Å². The van der Waals surface area contributed by atoms with Crippen molar-refractivity contribution in [2.75, 3.05) is 31.1 Å². The number of sulfonamides is 1. The molecule has 0 N–H and O–H groups in total. The highest BCUT2D eigenvalue weighted by Gasteiger charge is 2.32. The first-order chi connectivity index (χ1) is 16.9. The molecule has 36 heavy (non-hydrogen) atoms. The Kier molecular flexibility index (Phi) is 7.32. The molecule has 1 aliphatic rings. The van der Waals surface area contributed by atoms with E-state index in [1.807, 2.05) is 25.7 Å². The predicted octanol–water partition coefficient (Wildman–Crippen LogP) is 5.76. The normalized spacial score (nSPS) is 15.5. The van der Waals surface area contributed by atoms with Gasteiger partial charge in [0.1, 0.15) is 5.82 Å². The maximum atomic E-state index is 13.1. The summed E-state index contributed by atoms with van der Waals surface area (Å²) in [6, 6.07) is 10.9. The van der Waals surface area contributed by atoms with Crippen LogP contribution in [-0.2, 0) is 16.2 Å². The summed E-state index contributed by atoms with van der Waals surface area (Å²) in [5, 5.41) is 0.461. The Morgan fingerprint density at radius 3 is 2.03 bits per heavy atom. The first kappa shape index (κ1) is 26.4. The van der Waals surface area contributed by atoms with Crippen LogP contribution in [0.15, 0.2) is 53.4 Å². The van der Waals surface area contributed by atoms with Crippen molar-refractivity contribution in [3.63, 3.8) is 0 Å². The summed E-state index contributed by atoms with van der Waals surface area (Å²) in [7, 11) is -3.66. The molecule has 0 atom stereocenters. The summed E-state index contributed by atoms with van der Waals surface area (Å²) in [4.78, 5) is 11.5. The molecule has 0 radical (unpaired) electrons. The highest BCUT2D eigenvalue weighted by molar-refractivity contribution is 7.89. The molecule has 1 saturated heterocycles. The van der Waals surface area contributed by atoms with E-state index in [2.05, 4.69) is 4.98 Å². The number of hydrogen-bond acceptors (Lipinski definition) is 5. The van der Waals surface area contributed by atoms with Crippen LogP contribution in [0.3, 0.4) is 0 Å². The van der Waals surface area contributed by atoms with Crippen molar-refractivity contribution in [2.24, 2.45) is 0 Å². The first-order valence-electron chi connectivity index (χ1n) is 11.4. The molecule has 0 bridgehead atoms. The third-order valence-electron chi connectivity index (χ3n) is 6.15. The van der Waals surface area contributed by atoms with E-state index in [0.29, 0.717) is 35.3 Å². The zero-order valence-electron chi connectivity index (χ0n) is 20.1. The predicted molar refractivity (Wildman–Crippen MR) is 134 cm³/mol. The Hall–Kier alpha value is -2.69. The Labute approximate surface area is 213 Å². The minimum atomic E-state index is -4.42. The summed E-state index contributed by atoms with van der Waals surface area (Å²) in [6.07, 6.45) is -4.42. The molecule has 0 spiro atoms. The quantitative estimate of drug-likeness (QED) is 0.413. The molecule has 192 valence electrons. The molecule has 0 amide bonds. The van der Waals surface area contributed by atoms with Crippen LogP contribution in [0, 0.1) is 6.92 Å². The minimum absolute atomic E-state index is 0.0949. The lowest BCUT2D eigenvalue weighted by Gasteiger charge is -2.36. The monoisotopic (exact) mass is 538 g/mol. The lowest BCUT2D eigenvalue weighted by Crippen LogP contribution is -2.49. The van der Waals surface area contributed by atoms with Gasteiger partial charge >= 0.3 is 6.18 Å². The number of anilines is 1. The van der Waals surface area contributed by atoms with E-state index in [1.54, 1.807) is 12.1 Å². The van der Waals surface area contributed by atoms with Crippen molar-refractivity contribution in [3.05, 3.63) is 70.4 Å². The zero-order valence-corrected chi connectivity index (χ0v) is 21.6. The number of alkyl halides is 3.